The lowest BCUT2D eigenvalue weighted by Crippen LogP contribution is -2.30. The molecule has 5 atom stereocenters. The van der Waals surface area contributed by atoms with E-state index in [1.807, 2.05) is 0 Å². The third-order valence-corrected chi connectivity index (χ3v) is 17.1. The second kappa shape index (κ2) is 58.4. The van der Waals surface area contributed by atoms with Crippen molar-refractivity contribution >= 4 is 39.5 Å². The van der Waals surface area contributed by atoms with Crippen LogP contribution in [0.2, 0.25) is 0 Å². The standard InChI is InChI=1S/C66H128O17P2/c1-7-9-11-13-14-15-16-19-23-26-31-37-43-49-64(69)77-55-62(83-65(70)50-44-38-32-27-24-21-18-17-20-22-25-29-35-40-46-58(3)4)57-81-85(74,75)79-53-60(67)52-78-84(72,73)80-56-61(54-76-63(68)48-42-34-12-10-8-2)82-66(71)51-45-39-33-28-30-36-41-47-59(5)6/h58-62,67H,7-57H2,1-6H3,(H,72,73)(H,74,75)/t60-,61+,62+/m0/s1. The Hall–Kier alpha value is -1.94. The van der Waals surface area contributed by atoms with E-state index in [9.17, 15) is 43.2 Å². The fraction of sp³-hybridized carbons (Fsp3) is 0.939. The number of hydrogen-bond donors (Lipinski definition) is 3. The van der Waals surface area contributed by atoms with Gasteiger partial charge in [-0.15, -0.1) is 0 Å². The normalized spacial score (nSPS) is 14.2. The first-order valence-corrected chi connectivity index (χ1v) is 37.5. The summed E-state index contributed by atoms with van der Waals surface area (Å²) in [4.78, 5) is 72.1. The molecule has 0 aromatic carbocycles. The fourth-order valence-corrected chi connectivity index (χ4v) is 11.5. The first-order valence-electron chi connectivity index (χ1n) is 34.5. The fourth-order valence-electron chi connectivity index (χ4n) is 9.88. The van der Waals surface area contributed by atoms with Crippen molar-refractivity contribution in [2.45, 2.75) is 349 Å². The van der Waals surface area contributed by atoms with Crippen LogP contribution in [-0.2, 0) is 65.4 Å². The molecule has 3 N–H and O–H groups in total. The molecule has 0 radical (unpaired) electrons. The number of aliphatic hydroxyl groups excluding tert-OH is 1. The smallest absolute Gasteiger partial charge is 0.462 e. The Bertz CT molecular complexity index is 1670. The molecule has 17 nitrogen and oxygen atoms in total. The first-order chi connectivity index (χ1) is 40.9. The van der Waals surface area contributed by atoms with E-state index in [1.165, 1.54) is 141 Å². The van der Waals surface area contributed by atoms with Crippen LogP contribution in [0.15, 0.2) is 0 Å². The molecule has 0 saturated heterocycles. The van der Waals surface area contributed by atoms with Crippen molar-refractivity contribution in [1.29, 1.82) is 0 Å². The lowest BCUT2D eigenvalue weighted by molar-refractivity contribution is -0.161. The summed E-state index contributed by atoms with van der Waals surface area (Å²) >= 11 is 0. The lowest BCUT2D eigenvalue weighted by atomic mass is 10.0. The minimum Gasteiger partial charge on any atom is -0.462 e. The Morgan fingerprint density at radius 1 is 0.318 bits per heavy atom. The van der Waals surface area contributed by atoms with Crippen molar-refractivity contribution < 1.29 is 80.2 Å². The molecule has 0 fully saturated rings. The van der Waals surface area contributed by atoms with Gasteiger partial charge in [0, 0.05) is 25.7 Å². The molecule has 0 aromatic rings. The molecule has 0 aliphatic heterocycles. The summed E-state index contributed by atoms with van der Waals surface area (Å²) in [5.41, 5.74) is 0. The molecule has 0 amide bonds. The number of hydrogen-bond acceptors (Lipinski definition) is 15. The molecule has 0 aliphatic rings. The Labute approximate surface area is 517 Å². The predicted molar refractivity (Wildman–Crippen MR) is 340 cm³/mol. The van der Waals surface area contributed by atoms with Gasteiger partial charge in [0.15, 0.2) is 12.2 Å². The zero-order valence-electron chi connectivity index (χ0n) is 54.9. The summed E-state index contributed by atoms with van der Waals surface area (Å²) in [6.45, 7) is 9.39. The van der Waals surface area contributed by atoms with Gasteiger partial charge >= 0.3 is 39.5 Å². The minimum atomic E-state index is -4.95. The summed E-state index contributed by atoms with van der Waals surface area (Å²) in [5, 5.41) is 10.5. The number of unbranched alkanes of at least 4 members (excludes halogenated alkanes) is 35. The molecular weight excluding hydrogens is 1130 g/mol. The second-order valence-corrected chi connectivity index (χ2v) is 27.7. The zero-order chi connectivity index (χ0) is 62.9. The van der Waals surface area contributed by atoms with Gasteiger partial charge in [-0.25, -0.2) is 9.13 Å². The number of carbonyl (C=O) groups excluding carboxylic acids is 4. The highest BCUT2D eigenvalue weighted by molar-refractivity contribution is 7.47. The monoisotopic (exact) mass is 1250 g/mol. The van der Waals surface area contributed by atoms with Crippen molar-refractivity contribution in [2.75, 3.05) is 39.6 Å². The predicted octanol–water partition coefficient (Wildman–Crippen LogP) is 18.4. The number of rotatable bonds is 65. The maximum absolute atomic E-state index is 13.0. The molecular formula is C66H128O17P2. The molecule has 0 spiro atoms. The van der Waals surface area contributed by atoms with E-state index in [0.29, 0.717) is 31.6 Å². The third kappa shape index (κ3) is 60.7. The quantitative estimate of drug-likeness (QED) is 0.0222. The van der Waals surface area contributed by atoms with Crippen LogP contribution in [0.25, 0.3) is 0 Å². The zero-order valence-corrected chi connectivity index (χ0v) is 56.7. The average molecular weight is 1260 g/mol. The number of esters is 4. The number of carbonyl (C=O) groups is 4. The van der Waals surface area contributed by atoms with Crippen molar-refractivity contribution in [1.82, 2.24) is 0 Å². The van der Waals surface area contributed by atoms with Crippen molar-refractivity contribution in [3.05, 3.63) is 0 Å². The van der Waals surface area contributed by atoms with Crippen molar-refractivity contribution in [3.63, 3.8) is 0 Å². The molecule has 2 unspecified atom stereocenters. The van der Waals surface area contributed by atoms with Crippen LogP contribution in [0, 0.1) is 11.8 Å². The van der Waals surface area contributed by atoms with Gasteiger partial charge in [0.1, 0.15) is 19.3 Å². The molecule has 0 aliphatic carbocycles. The van der Waals surface area contributed by atoms with E-state index in [1.54, 1.807) is 0 Å². The summed E-state index contributed by atoms with van der Waals surface area (Å²) in [5.74, 6) is -0.651. The van der Waals surface area contributed by atoms with E-state index >= 15 is 0 Å². The van der Waals surface area contributed by atoms with E-state index in [2.05, 4.69) is 41.5 Å². The number of ether oxygens (including phenoxy) is 4. The SMILES string of the molecule is CCCCCCCCCCCCCCCC(=O)OC[C@H](COP(=O)(O)OC[C@@H](O)COP(=O)(O)OC[C@@H](COC(=O)CCCCCCC)OC(=O)CCCCCCCCCC(C)C)OC(=O)CCCCCCCCCCCCCCCCC(C)C. The number of phosphoric ester groups is 2. The van der Waals surface area contributed by atoms with Gasteiger partial charge in [-0.2, -0.15) is 0 Å². The van der Waals surface area contributed by atoms with Crippen LogP contribution in [0.4, 0.5) is 0 Å². The summed E-state index contributed by atoms with van der Waals surface area (Å²) in [6.07, 6.45) is 42.1. The van der Waals surface area contributed by atoms with Crippen molar-refractivity contribution in [3.8, 4) is 0 Å². The Morgan fingerprint density at radius 2 is 0.541 bits per heavy atom. The maximum atomic E-state index is 13.0. The van der Waals surface area contributed by atoms with Crippen LogP contribution < -0.4 is 0 Å². The van der Waals surface area contributed by atoms with Crippen LogP contribution in [0.1, 0.15) is 330 Å². The highest BCUT2D eigenvalue weighted by Gasteiger charge is 2.30. The summed E-state index contributed by atoms with van der Waals surface area (Å²) < 4.78 is 67.9. The van der Waals surface area contributed by atoms with Gasteiger partial charge in [-0.1, -0.05) is 279 Å². The maximum Gasteiger partial charge on any atom is 0.472 e. The van der Waals surface area contributed by atoms with Crippen LogP contribution in [0.5, 0.6) is 0 Å². The summed E-state index contributed by atoms with van der Waals surface area (Å²) in [7, 11) is -9.88. The van der Waals surface area contributed by atoms with E-state index in [4.69, 9.17) is 37.0 Å². The van der Waals surface area contributed by atoms with Crippen molar-refractivity contribution in [2.24, 2.45) is 11.8 Å². The molecule has 0 aromatic heterocycles. The number of phosphoric acid groups is 2. The molecule has 0 saturated carbocycles. The van der Waals surface area contributed by atoms with Crippen LogP contribution in [0.3, 0.4) is 0 Å². The van der Waals surface area contributed by atoms with Crippen LogP contribution >= 0.6 is 15.6 Å². The molecule has 0 bridgehead atoms. The first kappa shape index (κ1) is 83.1. The number of aliphatic hydroxyl groups is 1. The molecule has 85 heavy (non-hydrogen) atoms. The molecule has 0 rings (SSSR count). The Balaban J connectivity index is 5.16. The summed E-state index contributed by atoms with van der Waals surface area (Å²) in [6, 6.07) is 0. The second-order valence-electron chi connectivity index (χ2n) is 24.8. The van der Waals surface area contributed by atoms with E-state index in [-0.39, 0.29) is 25.7 Å². The van der Waals surface area contributed by atoms with Gasteiger partial charge in [0.05, 0.1) is 26.4 Å². The average Bonchev–Trinajstić information content (AvgIpc) is 3.60. The topological polar surface area (TPSA) is 237 Å². The van der Waals surface area contributed by atoms with Gasteiger partial charge in [-0.05, 0) is 37.5 Å². The van der Waals surface area contributed by atoms with Crippen LogP contribution in [-0.4, -0.2) is 96.7 Å². The Morgan fingerprint density at radius 3 is 0.800 bits per heavy atom. The largest absolute Gasteiger partial charge is 0.472 e. The molecule has 0 heterocycles. The molecule has 19 heteroatoms. The van der Waals surface area contributed by atoms with Gasteiger partial charge in [0.25, 0.3) is 0 Å². The van der Waals surface area contributed by atoms with E-state index < -0.39 is 97.5 Å². The highest BCUT2D eigenvalue weighted by atomic mass is 31.2. The molecule has 504 valence electrons. The Kier molecular flexibility index (Phi) is 57.1. The lowest BCUT2D eigenvalue weighted by Gasteiger charge is -2.21. The third-order valence-electron chi connectivity index (χ3n) is 15.2. The van der Waals surface area contributed by atoms with Gasteiger partial charge in [-0.3, -0.25) is 37.3 Å². The van der Waals surface area contributed by atoms with Gasteiger partial charge in [0.2, 0.25) is 0 Å². The minimum absolute atomic E-state index is 0.102. The highest BCUT2D eigenvalue weighted by Crippen LogP contribution is 2.45. The van der Waals surface area contributed by atoms with E-state index in [0.717, 1.165) is 102 Å². The van der Waals surface area contributed by atoms with Gasteiger partial charge < -0.3 is 33.8 Å².